The van der Waals surface area contributed by atoms with Gasteiger partial charge in [-0.2, -0.15) is 0 Å². The van der Waals surface area contributed by atoms with E-state index in [1.165, 1.54) is 31.7 Å². The van der Waals surface area contributed by atoms with Crippen LogP contribution in [-0.2, 0) is 11.2 Å². The lowest BCUT2D eigenvalue weighted by atomic mass is 9.83. The standard InChI is InChI=1S/C17H25BrFNO/c1-2-21-17(9-5-3-4-6-10-17)16(20)12-13-7-8-15(19)14(18)11-13/h7-8,11,16H,2-6,9-10,12,20H2,1H3. The van der Waals surface area contributed by atoms with Crippen molar-refractivity contribution in [3.8, 4) is 0 Å². The second-order valence-corrected chi connectivity index (χ2v) is 6.83. The minimum absolute atomic E-state index is 0.0482. The Bertz CT molecular complexity index is 458. The molecule has 0 amide bonds. The molecule has 0 radical (unpaired) electrons. The van der Waals surface area contributed by atoms with Gasteiger partial charge in [-0.3, -0.25) is 0 Å². The smallest absolute Gasteiger partial charge is 0.137 e. The fourth-order valence-electron chi connectivity index (χ4n) is 3.34. The van der Waals surface area contributed by atoms with Crippen molar-refractivity contribution in [3.63, 3.8) is 0 Å². The molecule has 0 aliphatic heterocycles. The molecule has 0 aromatic heterocycles. The zero-order valence-electron chi connectivity index (χ0n) is 12.7. The van der Waals surface area contributed by atoms with E-state index in [0.717, 1.165) is 24.8 Å². The average molecular weight is 358 g/mol. The first-order chi connectivity index (χ1) is 10.1. The Morgan fingerprint density at radius 3 is 2.52 bits per heavy atom. The van der Waals surface area contributed by atoms with Crippen LogP contribution in [0.2, 0.25) is 0 Å². The van der Waals surface area contributed by atoms with Crippen LogP contribution in [0.1, 0.15) is 51.0 Å². The van der Waals surface area contributed by atoms with Crippen LogP contribution >= 0.6 is 15.9 Å². The molecule has 2 nitrogen and oxygen atoms in total. The highest BCUT2D eigenvalue weighted by Crippen LogP contribution is 2.34. The molecule has 1 unspecified atom stereocenters. The molecule has 1 aliphatic carbocycles. The quantitative estimate of drug-likeness (QED) is 0.782. The molecule has 4 heteroatoms. The van der Waals surface area contributed by atoms with E-state index in [0.29, 0.717) is 11.1 Å². The SMILES string of the molecule is CCOC1(C(N)Cc2ccc(F)c(Br)c2)CCCCCC1. The van der Waals surface area contributed by atoms with E-state index in [1.807, 2.05) is 19.1 Å². The number of benzene rings is 1. The second kappa shape index (κ2) is 7.70. The van der Waals surface area contributed by atoms with Crippen LogP contribution in [-0.4, -0.2) is 18.2 Å². The largest absolute Gasteiger partial charge is 0.374 e. The lowest BCUT2D eigenvalue weighted by Crippen LogP contribution is -2.51. The average Bonchev–Trinajstić information content (AvgIpc) is 2.70. The summed E-state index contributed by atoms with van der Waals surface area (Å²) in [6.45, 7) is 2.73. The van der Waals surface area contributed by atoms with Gasteiger partial charge in [-0.1, -0.05) is 31.7 Å². The third-order valence-electron chi connectivity index (χ3n) is 4.50. The monoisotopic (exact) mass is 357 g/mol. The highest BCUT2D eigenvalue weighted by Gasteiger charge is 2.37. The summed E-state index contributed by atoms with van der Waals surface area (Å²) in [5.41, 5.74) is 7.36. The van der Waals surface area contributed by atoms with Gasteiger partial charge in [-0.05, 0) is 59.8 Å². The van der Waals surface area contributed by atoms with Gasteiger partial charge in [0.25, 0.3) is 0 Å². The van der Waals surface area contributed by atoms with Crippen LogP contribution in [0.5, 0.6) is 0 Å². The van der Waals surface area contributed by atoms with E-state index >= 15 is 0 Å². The summed E-state index contributed by atoms with van der Waals surface area (Å²) in [5, 5.41) is 0. The summed E-state index contributed by atoms with van der Waals surface area (Å²) in [4.78, 5) is 0. The molecule has 0 saturated heterocycles. The van der Waals surface area contributed by atoms with Crippen molar-refractivity contribution >= 4 is 15.9 Å². The highest BCUT2D eigenvalue weighted by atomic mass is 79.9. The lowest BCUT2D eigenvalue weighted by Gasteiger charge is -2.38. The van der Waals surface area contributed by atoms with Crippen LogP contribution in [0.4, 0.5) is 4.39 Å². The van der Waals surface area contributed by atoms with Crippen molar-refractivity contribution in [2.24, 2.45) is 5.73 Å². The van der Waals surface area contributed by atoms with E-state index in [4.69, 9.17) is 10.5 Å². The fraction of sp³-hybridized carbons (Fsp3) is 0.647. The highest BCUT2D eigenvalue weighted by molar-refractivity contribution is 9.10. The second-order valence-electron chi connectivity index (χ2n) is 5.97. The molecule has 21 heavy (non-hydrogen) atoms. The van der Waals surface area contributed by atoms with Gasteiger partial charge in [0.05, 0.1) is 10.1 Å². The van der Waals surface area contributed by atoms with E-state index < -0.39 is 0 Å². The van der Waals surface area contributed by atoms with Gasteiger partial charge in [0.2, 0.25) is 0 Å². The lowest BCUT2D eigenvalue weighted by molar-refractivity contribution is -0.0683. The third kappa shape index (κ3) is 4.27. The Balaban J connectivity index is 2.13. The zero-order chi connectivity index (χ0) is 15.3. The van der Waals surface area contributed by atoms with Crippen LogP contribution in [0.25, 0.3) is 0 Å². The molecule has 1 aromatic rings. The minimum atomic E-state index is -0.235. The molecule has 1 fully saturated rings. The normalized spacial score (nSPS) is 20.0. The zero-order valence-corrected chi connectivity index (χ0v) is 14.3. The maximum absolute atomic E-state index is 13.3. The van der Waals surface area contributed by atoms with Gasteiger partial charge in [-0.25, -0.2) is 4.39 Å². The fourth-order valence-corrected chi connectivity index (χ4v) is 3.77. The molecule has 118 valence electrons. The predicted octanol–water partition coefficient (Wildman–Crippen LogP) is 4.59. The number of nitrogens with two attached hydrogens (primary N) is 1. The van der Waals surface area contributed by atoms with Gasteiger partial charge in [-0.15, -0.1) is 0 Å². The first kappa shape index (κ1) is 16.9. The van der Waals surface area contributed by atoms with E-state index in [2.05, 4.69) is 15.9 Å². The first-order valence-electron chi connectivity index (χ1n) is 7.91. The molecule has 0 bridgehead atoms. The maximum Gasteiger partial charge on any atom is 0.137 e. The minimum Gasteiger partial charge on any atom is -0.374 e. The molecule has 1 saturated carbocycles. The van der Waals surface area contributed by atoms with Crippen LogP contribution in [0.15, 0.2) is 22.7 Å². The number of ether oxygens (including phenoxy) is 1. The van der Waals surface area contributed by atoms with Gasteiger partial charge in [0.1, 0.15) is 5.82 Å². The molecular weight excluding hydrogens is 333 g/mol. The van der Waals surface area contributed by atoms with Gasteiger partial charge >= 0.3 is 0 Å². The molecule has 2 N–H and O–H groups in total. The number of hydrogen-bond donors (Lipinski definition) is 1. The number of rotatable bonds is 5. The molecule has 1 aliphatic rings. The van der Waals surface area contributed by atoms with Gasteiger partial charge in [0, 0.05) is 12.6 Å². The summed E-state index contributed by atoms with van der Waals surface area (Å²) in [6.07, 6.45) is 7.68. The summed E-state index contributed by atoms with van der Waals surface area (Å²) in [5.74, 6) is -0.235. The number of hydrogen-bond acceptors (Lipinski definition) is 2. The first-order valence-corrected chi connectivity index (χ1v) is 8.70. The number of halogens is 2. The molecule has 2 rings (SSSR count). The Kier molecular flexibility index (Phi) is 6.20. The van der Waals surface area contributed by atoms with Crippen LogP contribution in [0.3, 0.4) is 0 Å². The van der Waals surface area contributed by atoms with Crippen molar-refractivity contribution in [3.05, 3.63) is 34.1 Å². The van der Waals surface area contributed by atoms with Crippen molar-refractivity contribution in [1.29, 1.82) is 0 Å². The summed E-state index contributed by atoms with van der Waals surface area (Å²) in [7, 11) is 0. The molecular formula is C17H25BrFNO. The summed E-state index contributed by atoms with van der Waals surface area (Å²) < 4.78 is 20.0. The topological polar surface area (TPSA) is 35.2 Å². The summed E-state index contributed by atoms with van der Waals surface area (Å²) >= 11 is 3.24. The van der Waals surface area contributed by atoms with Crippen LogP contribution in [0, 0.1) is 5.82 Å². The van der Waals surface area contributed by atoms with Gasteiger partial charge < -0.3 is 10.5 Å². The third-order valence-corrected chi connectivity index (χ3v) is 5.10. The van der Waals surface area contributed by atoms with Crippen molar-refractivity contribution in [1.82, 2.24) is 0 Å². The Morgan fingerprint density at radius 2 is 1.95 bits per heavy atom. The van der Waals surface area contributed by atoms with Crippen molar-refractivity contribution in [2.75, 3.05) is 6.61 Å². The molecule has 0 spiro atoms. The summed E-state index contributed by atoms with van der Waals surface area (Å²) in [6, 6.07) is 5.09. The molecule has 0 heterocycles. The molecule has 1 aromatic carbocycles. The van der Waals surface area contributed by atoms with E-state index in [-0.39, 0.29) is 17.5 Å². The molecule has 1 atom stereocenters. The van der Waals surface area contributed by atoms with E-state index in [1.54, 1.807) is 0 Å². The van der Waals surface area contributed by atoms with Crippen LogP contribution < -0.4 is 5.73 Å². The van der Waals surface area contributed by atoms with E-state index in [9.17, 15) is 4.39 Å². The Labute approximate surface area is 135 Å². The predicted molar refractivity (Wildman–Crippen MR) is 87.8 cm³/mol. The van der Waals surface area contributed by atoms with Crippen molar-refractivity contribution < 1.29 is 9.13 Å². The Morgan fingerprint density at radius 1 is 1.29 bits per heavy atom. The maximum atomic E-state index is 13.3. The van der Waals surface area contributed by atoms with Crippen molar-refractivity contribution in [2.45, 2.75) is 63.5 Å². The Hall–Kier alpha value is -0.450. The van der Waals surface area contributed by atoms with Gasteiger partial charge in [0.15, 0.2) is 0 Å².